The molecule has 0 unspecified atom stereocenters. The van der Waals surface area contributed by atoms with E-state index < -0.39 is 0 Å². The fourth-order valence-corrected chi connectivity index (χ4v) is 3.35. The summed E-state index contributed by atoms with van der Waals surface area (Å²) >= 11 is 0. The fraction of sp³-hybridized carbons (Fsp3) is 0.526. The van der Waals surface area contributed by atoms with Gasteiger partial charge in [0.1, 0.15) is 0 Å². The lowest BCUT2D eigenvalue weighted by atomic mass is 9.85. The van der Waals surface area contributed by atoms with E-state index in [0.29, 0.717) is 11.7 Å². The van der Waals surface area contributed by atoms with Crippen molar-refractivity contribution in [3.8, 4) is 11.4 Å². The van der Waals surface area contributed by atoms with Crippen molar-refractivity contribution in [3.05, 3.63) is 30.2 Å². The molecule has 1 aliphatic carbocycles. The highest BCUT2D eigenvalue weighted by Gasteiger charge is 2.25. The van der Waals surface area contributed by atoms with Crippen molar-refractivity contribution in [2.75, 3.05) is 18.4 Å². The molecule has 2 aromatic rings. The number of anilines is 1. The Balaban J connectivity index is 1.39. The van der Waals surface area contributed by atoms with Gasteiger partial charge in [-0.3, -0.25) is 0 Å². The highest BCUT2D eigenvalue weighted by Crippen LogP contribution is 2.36. The summed E-state index contributed by atoms with van der Waals surface area (Å²) in [7, 11) is 0. The molecule has 25 heavy (non-hydrogen) atoms. The van der Waals surface area contributed by atoms with E-state index in [0.717, 1.165) is 55.9 Å². The lowest BCUT2D eigenvalue weighted by Gasteiger charge is -2.20. The number of hydrogen-bond acceptors (Lipinski definition) is 4. The maximum atomic E-state index is 12.4. The van der Waals surface area contributed by atoms with Crippen LogP contribution in [-0.2, 0) is 0 Å². The van der Waals surface area contributed by atoms with Gasteiger partial charge >= 0.3 is 6.03 Å². The van der Waals surface area contributed by atoms with E-state index in [1.807, 2.05) is 29.2 Å². The third-order valence-electron chi connectivity index (χ3n) is 5.18. The molecule has 6 nitrogen and oxygen atoms in total. The van der Waals surface area contributed by atoms with E-state index in [1.54, 1.807) is 0 Å². The Hall–Kier alpha value is -2.37. The van der Waals surface area contributed by atoms with Crippen molar-refractivity contribution in [2.45, 2.75) is 50.9 Å². The molecule has 2 heterocycles. The molecule has 1 N–H and O–H groups in total. The Morgan fingerprint density at radius 2 is 1.76 bits per heavy atom. The van der Waals surface area contributed by atoms with E-state index in [9.17, 15) is 4.79 Å². The van der Waals surface area contributed by atoms with E-state index >= 15 is 0 Å². The summed E-state index contributed by atoms with van der Waals surface area (Å²) in [6.07, 6.45) is 8.14. The molecular weight excluding hydrogens is 316 g/mol. The molecule has 0 bridgehead atoms. The van der Waals surface area contributed by atoms with Gasteiger partial charge in [0, 0.05) is 30.3 Å². The van der Waals surface area contributed by atoms with Crippen LogP contribution in [0.25, 0.3) is 11.4 Å². The second-order valence-electron chi connectivity index (χ2n) is 6.99. The Morgan fingerprint density at radius 1 is 1.04 bits per heavy atom. The molecule has 132 valence electrons. The first-order chi connectivity index (χ1) is 12.3. The average Bonchev–Trinajstić information content (AvgIpc) is 2.88. The lowest BCUT2D eigenvalue weighted by Crippen LogP contribution is -2.35. The predicted octanol–water partition coefficient (Wildman–Crippen LogP) is 4.41. The van der Waals surface area contributed by atoms with Crippen LogP contribution in [0.1, 0.15) is 56.8 Å². The van der Waals surface area contributed by atoms with Gasteiger partial charge in [-0.25, -0.2) is 4.79 Å². The van der Waals surface area contributed by atoms with Crippen LogP contribution in [0, 0.1) is 0 Å². The van der Waals surface area contributed by atoms with Gasteiger partial charge in [-0.05, 0) is 49.9 Å². The van der Waals surface area contributed by atoms with Crippen molar-refractivity contribution in [1.29, 1.82) is 0 Å². The van der Waals surface area contributed by atoms with Gasteiger partial charge in [-0.1, -0.05) is 24.4 Å². The maximum absolute atomic E-state index is 12.4. The van der Waals surface area contributed by atoms with Gasteiger partial charge in [-0.2, -0.15) is 4.98 Å². The molecule has 2 fully saturated rings. The minimum absolute atomic E-state index is 0.0125. The van der Waals surface area contributed by atoms with Crippen LogP contribution in [0.3, 0.4) is 0 Å². The Bertz CT molecular complexity index is 713. The van der Waals surface area contributed by atoms with Crippen LogP contribution >= 0.6 is 0 Å². The number of benzene rings is 1. The molecule has 0 radical (unpaired) electrons. The summed E-state index contributed by atoms with van der Waals surface area (Å²) in [5, 5.41) is 7.06. The van der Waals surface area contributed by atoms with Crippen LogP contribution in [0.15, 0.2) is 28.8 Å². The summed E-state index contributed by atoms with van der Waals surface area (Å²) in [6.45, 7) is 1.69. The minimum Gasteiger partial charge on any atom is -0.339 e. The third kappa shape index (κ3) is 3.67. The summed E-state index contributed by atoms with van der Waals surface area (Å²) in [5.74, 6) is 1.81. The van der Waals surface area contributed by atoms with Crippen LogP contribution < -0.4 is 5.32 Å². The number of carbonyl (C=O) groups is 1. The van der Waals surface area contributed by atoms with Crippen LogP contribution in [0.5, 0.6) is 0 Å². The largest absolute Gasteiger partial charge is 0.339 e. The van der Waals surface area contributed by atoms with Gasteiger partial charge in [0.05, 0.1) is 0 Å². The number of carbonyl (C=O) groups excluding carboxylic acids is 1. The van der Waals surface area contributed by atoms with Crippen LogP contribution in [-0.4, -0.2) is 34.2 Å². The first kappa shape index (κ1) is 16.1. The average molecular weight is 340 g/mol. The Kier molecular flexibility index (Phi) is 4.68. The summed E-state index contributed by atoms with van der Waals surface area (Å²) < 4.78 is 5.37. The number of hydrogen-bond donors (Lipinski definition) is 1. The summed E-state index contributed by atoms with van der Waals surface area (Å²) in [4.78, 5) is 18.8. The number of likely N-dealkylation sites (tertiary alicyclic amines) is 1. The first-order valence-corrected chi connectivity index (χ1v) is 9.29. The van der Waals surface area contributed by atoms with Crippen molar-refractivity contribution >= 4 is 11.7 Å². The first-order valence-electron chi connectivity index (χ1n) is 9.29. The molecule has 1 aromatic carbocycles. The fourth-order valence-electron chi connectivity index (χ4n) is 3.35. The molecule has 4 rings (SSSR count). The topological polar surface area (TPSA) is 71.3 Å². The molecule has 0 atom stereocenters. The molecule has 2 amide bonds. The van der Waals surface area contributed by atoms with Gasteiger partial charge in [0.15, 0.2) is 0 Å². The van der Waals surface area contributed by atoms with Crippen molar-refractivity contribution in [2.24, 2.45) is 0 Å². The quantitative estimate of drug-likeness (QED) is 0.898. The van der Waals surface area contributed by atoms with E-state index in [4.69, 9.17) is 4.52 Å². The highest BCUT2D eigenvalue weighted by atomic mass is 16.5. The molecule has 0 spiro atoms. The van der Waals surface area contributed by atoms with Crippen molar-refractivity contribution < 1.29 is 9.32 Å². The number of nitrogens with zero attached hydrogens (tertiary/aromatic N) is 3. The Morgan fingerprint density at radius 3 is 2.40 bits per heavy atom. The van der Waals surface area contributed by atoms with E-state index in [2.05, 4.69) is 15.5 Å². The van der Waals surface area contributed by atoms with Gasteiger partial charge in [0.25, 0.3) is 0 Å². The lowest BCUT2D eigenvalue weighted by molar-refractivity contribution is 0.214. The predicted molar refractivity (Wildman–Crippen MR) is 95.4 cm³/mol. The van der Waals surface area contributed by atoms with Gasteiger partial charge in [0.2, 0.25) is 11.7 Å². The molecule has 1 aromatic heterocycles. The van der Waals surface area contributed by atoms with E-state index in [-0.39, 0.29) is 6.03 Å². The standard InChI is InChI=1S/C19H24N4O2/c24-19(23-12-3-1-2-4-13-23)20-16-10-8-14(9-11-16)17-21-18(25-22-17)15-6-5-7-15/h8-11,15H,1-7,12-13H2,(H,20,24). The SMILES string of the molecule is O=C(Nc1ccc(-c2noc(C3CCC3)n2)cc1)N1CCCCCC1. The Labute approximate surface area is 147 Å². The summed E-state index contributed by atoms with van der Waals surface area (Å²) in [6, 6.07) is 7.62. The van der Waals surface area contributed by atoms with Crippen LogP contribution in [0.4, 0.5) is 10.5 Å². The maximum Gasteiger partial charge on any atom is 0.321 e. The molecule has 2 aliphatic rings. The van der Waals surface area contributed by atoms with Gasteiger partial charge in [-0.15, -0.1) is 0 Å². The molecular formula is C19H24N4O2. The van der Waals surface area contributed by atoms with E-state index in [1.165, 1.54) is 19.3 Å². The molecule has 1 saturated carbocycles. The summed E-state index contributed by atoms with van der Waals surface area (Å²) in [5.41, 5.74) is 1.70. The highest BCUT2D eigenvalue weighted by molar-refractivity contribution is 5.89. The van der Waals surface area contributed by atoms with Crippen molar-refractivity contribution in [3.63, 3.8) is 0 Å². The normalized spacial score (nSPS) is 18.5. The molecule has 1 saturated heterocycles. The zero-order valence-electron chi connectivity index (χ0n) is 14.4. The smallest absolute Gasteiger partial charge is 0.321 e. The van der Waals surface area contributed by atoms with Gasteiger partial charge < -0.3 is 14.7 Å². The zero-order valence-corrected chi connectivity index (χ0v) is 14.4. The minimum atomic E-state index is -0.0125. The monoisotopic (exact) mass is 340 g/mol. The third-order valence-corrected chi connectivity index (χ3v) is 5.18. The van der Waals surface area contributed by atoms with Crippen LogP contribution in [0.2, 0.25) is 0 Å². The number of nitrogens with one attached hydrogen (secondary N) is 1. The number of rotatable bonds is 3. The second-order valence-corrected chi connectivity index (χ2v) is 6.99. The molecule has 6 heteroatoms. The number of amides is 2. The number of urea groups is 1. The number of aromatic nitrogens is 2. The second kappa shape index (κ2) is 7.25. The zero-order chi connectivity index (χ0) is 17.1. The van der Waals surface area contributed by atoms with Crippen molar-refractivity contribution in [1.82, 2.24) is 15.0 Å². The molecule has 1 aliphatic heterocycles.